The minimum atomic E-state index is -0.497. The number of allylic oxidation sites excluding steroid dienone is 1. The Bertz CT molecular complexity index is 1350. The van der Waals surface area contributed by atoms with Crippen LogP contribution >= 0.6 is 11.3 Å². The number of hydrogen-bond acceptors (Lipinski definition) is 6. The molecule has 0 spiro atoms. The van der Waals surface area contributed by atoms with Gasteiger partial charge in [0.1, 0.15) is 28.1 Å². The fourth-order valence-corrected chi connectivity index (χ4v) is 3.59. The van der Waals surface area contributed by atoms with Crippen LogP contribution in [0.4, 0.5) is 10.1 Å². The lowest BCUT2D eigenvalue weighted by molar-refractivity contribution is 0.563. The second kappa shape index (κ2) is 7.70. The van der Waals surface area contributed by atoms with Crippen LogP contribution in [0.1, 0.15) is 10.6 Å². The van der Waals surface area contributed by atoms with E-state index in [1.165, 1.54) is 23.6 Å². The molecular weight excluding hydrogens is 389 g/mol. The molecule has 0 aliphatic heterocycles. The van der Waals surface area contributed by atoms with Crippen LogP contribution in [0.5, 0.6) is 0 Å². The van der Waals surface area contributed by atoms with Gasteiger partial charge >= 0.3 is 5.63 Å². The third kappa shape index (κ3) is 3.79. The van der Waals surface area contributed by atoms with Crippen molar-refractivity contribution >= 4 is 33.6 Å². The van der Waals surface area contributed by atoms with Crippen molar-refractivity contribution in [3.8, 4) is 17.3 Å². The number of aromatic nitrogens is 1. The van der Waals surface area contributed by atoms with Gasteiger partial charge in [0.2, 0.25) is 0 Å². The molecule has 1 N–H and O–H groups in total. The Morgan fingerprint density at radius 1 is 1.28 bits per heavy atom. The second-order valence-electron chi connectivity index (χ2n) is 6.32. The van der Waals surface area contributed by atoms with Gasteiger partial charge in [0.25, 0.3) is 0 Å². The van der Waals surface area contributed by atoms with E-state index >= 15 is 0 Å². The summed E-state index contributed by atoms with van der Waals surface area (Å²) in [6.45, 7) is 1.85. The van der Waals surface area contributed by atoms with Crippen molar-refractivity contribution in [3.63, 3.8) is 0 Å². The number of thiazole rings is 1. The third-order valence-electron chi connectivity index (χ3n) is 4.27. The second-order valence-corrected chi connectivity index (χ2v) is 7.18. The number of rotatable bonds is 4. The first-order chi connectivity index (χ1) is 14.0. The van der Waals surface area contributed by atoms with Gasteiger partial charge in [0, 0.05) is 17.0 Å². The Labute approximate surface area is 169 Å². The largest absolute Gasteiger partial charge is 0.422 e. The number of aryl methyl sites for hydroxylation is 1. The summed E-state index contributed by atoms with van der Waals surface area (Å²) in [4.78, 5) is 16.7. The minimum Gasteiger partial charge on any atom is -0.422 e. The summed E-state index contributed by atoms with van der Waals surface area (Å²) in [5.41, 5.74) is 2.13. The summed E-state index contributed by atoms with van der Waals surface area (Å²) < 4.78 is 19.2. The predicted molar refractivity (Wildman–Crippen MR) is 112 cm³/mol. The normalized spacial score (nSPS) is 11.4. The van der Waals surface area contributed by atoms with E-state index in [1.807, 2.05) is 19.1 Å². The van der Waals surface area contributed by atoms with Gasteiger partial charge in [0.15, 0.2) is 0 Å². The van der Waals surface area contributed by atoms with E-state index in [9.17, 15) is 14.4 Å². The van der Waals surface area contributed by atoms with E-state index < -0.39 is 11.4 Å². The number of halogens is 1. The fourth-order valence-electron chi connectivity index (χ4n) is 2.80. The van der Waals surface area contributed by atoms with Gasteiger partial charge < -0.3 is 9.73 Å². The molecule has 142 valence electrons. The molecule has 0 saturated heterocycles. The molecule has 0 radical (unpaired) electrons. The first-order valence-electron chi connectivity index (χ1n) is 8.67. The molecule has 7 heteroatoms. The van der Waals surface area contributed by atoms with E-state index in [2.05, 4.69) is 16.4 Å². The van der Waals surface area contributed by atoms with Crippen LogP contribution in [0.15, 0.2) is 69.3 Å². The van der Waals surface area contributed by atoms with Crippen molar-refractivity contribution in [3.05, 3.63) is 86.9 Å². The quantitative estimate of drug-likeness (QED) is 0.367. The average molecular weight is 403 g/mol. The molecule has 5 nitrogen and oxygen atoms in total. The van der Waals surface area contributed by atoms with Crippen LogP contribution < -0.4 is 10.9 Å². The summed E-state index contributed by atoms with van der Waals surface area (Å²) in [5, 5.41) is 15.2. The number of nitrogens with zero attached hydrogens (tertiary/aromatic N) is 2. The van der Waals surface area contributed by atoms with E-state index in [4.69, 9.17) is 4.42 Å². The Kier molecular flexibility index (Phi) is 4.94. The maximum absolute atomic E-state index is 13.9. The minimum absolute atomic E-state index is 0.229. The molecule has 4 aromatic rings. The molecule has 2 aromatic carbocycles. The maximum Gasteiger partial charge on any atom is 0.345 e. The molecule has 0 amide bonds. The molecule has 0 unspecified atom stereocenters. The summed E-state index contributed by atoms with van der Waals surface area (Å²) in [6.07, 6.45) is 1.41. The lowest BCUT2D eigenvalue weighted by atomic mass is 10.1. The van der Waals surface area contributed by atoms with Gasteiger partial charge in [-0.25, -0.2) is 14.2 Å². The Morgan fingerprint density at radius 2 is 2.10 bits per heavy atom. The Balaban J connectivity index is 1.67. The maximum atomic E-state index is 13.9. The molecule has 0 fully saturated rings. The van der Waals surface area contributed by atoms with E-state index in [1.54, 1.807) is 35.7 Å². The monoisotopic (exact) mass is 403 g/mol. The van der Waals surface area contributed by atoms with Crippen LogP contribution in [0.2, 0.25) is 0 Å². The number of nitriles is 1. The average Bonchev–Trinajstić information content (AvgIpc) is 3.20. The highest BCUT2D eigenvalue weighted by atomic mass is 32.1. The molecule has 0 aliphatic carbocycles. The topological polar surface area (TPSA) is 78.9 Å². The zero-order chi connectivity index (χ0) is 20.4. The van der Waals surface area contributed by atoms with Crippen molar-refractivity contribution in [1.82, 2.24) is 4.98 Å². The van der Waals surface area contributed by atoms with Gasteiger partial charge in [-0.05, 0) is 36.8 Å². The smallest absolute Gasteiger partial charge is 0.345 e. The molecule has 0 saturated carbocycles. The number of fused-ring (bicyclic) bond motifs is 1. The van der Waals surface area contributed by atoms with Crippen LogP contribution in [0.25, 0.3) is 27.8 Å². The van der Waals surface area contributed by atoms with E-state index in [0.717, 1.165) is 10.9 Å². The first kappa shape index (κ1) is 18.6. The lowest BCUT2D eigenvalue weighted by Gasteiger charge is -2.04. The van der Waals surface area contributed by atoms with E-state index in [0.29, 0.717) is 21.8 Å². The molecule has 2 heterocycles. The third-order valence-corrected chi connectivity index (χ3v) is 5.14. The molecule has 0 bridgehead atoms. The van der Waals surface area contributed by atoms with Crippen LogP contribution in [0, 0.1) is 24.1 Å². The van der Waals surface area contributed by atoms with Gasteiger partial charge in [-0.1, -0.05) is 24.3 Å². The Morgan fingerprint density at radius 3 is 2.93 bits per heavy atom. The molecule has 2 aromatic heterocycles. The molecule has 0 atom stereocenters. The number of hydrogen-bond donors (Lipinski definition) is 1. The van der Waals surface area contributed by atoms with Gasteiger partial charge in [-0.2, -0.15) is 5.26 Å². The highest BCUT2D eigenvalue weighted by Crippen LogP contribution is 2.26. The standard InChI is InChI=1S/C22H14FN3O2S/c1-13-6-7-17(23)18(8-13)25-11-15(10-24)21-26-19(12-29-21)16-9-14-4-2-3-5-20(14)28-22(16)27/h2-9,11-12,25H,1H3. The van der Waals surface area contributed by atoms with Crippen molar-refractivity contribution in [2.75, 3.05) is 5.32 Å². The lowest BCUT2D eigenvalue weighted by Crippen LogP contribution is -2.03. The highest BCUT2D eigenvalue weighted by molar-refractivity contribution is 7.11. The number of anilines is 1. The predicted octanol–water partition coefficient (Wildman–Crippen LogP) is 5.34. The molecular formula is C22H14FN3O2S. The zero-order valence-corrected chi connectivity index (χ0v) is 16.1. The van der Waals surface area contributed by atoms with Gasteiger partial charge in [0.05, 0.1) is 16.9 Å². The molecule has 29 heavy (non-hydrogen) atoms. The highest BCUT2D eigenvalue weighted by Gasteiger charge is 2.14. The first-order valence-corrected chi connectivity index (χ1v) is 9.55. The molecule has 0 aliphatic rings. The molecule has 4 rings (SSSR count). The summed E-state index contributed by atoms with van der Waals surface area (Å²) in [7, 11) is 0. The number of nitrogens with one attached hydrogen (secondary N) is 1. The number of benzene rings is 2. The summed E-state index contributed by atoms with van der Waals surface area (Å²) >= 11 is 1.22. The summed E-state index contributed by atoms with van der Waals surface area (Å²) in [5.74, 6) is -0.419. The van der Waals surface area contributed by atoms with Crippen molar-refractivity contribution in [2.45, 2.75) is 6.92 Å². The van der Waals surface area contributed by atoms with Crippen molar-refractivity contribution in [1.29, 1.82) is 5.26 Å². The van der Waals surface area contributed by atoms with Crippen LogP contribution in [-0.2, 0) is 0 Å². The van der Waals surface area contributed by atoms with E-state index in [-0.39, 0.29) is 11.3 Å². The van der Waals surface area contributed by atoms with Crippen LogP contribution in [-0.4, -0.2) is 4.98 Å². The SMILES string of the molecule is Cc1ccc(F)c(NC=C(C#N)c2nc(-c3cc4ccccc4oc3=O)cs2)c1. The van der Waals surface area contributed by atoms with Gasteiger partial charge in [-0.3, -0.25) is 0 Å². The van der Waals surface area contributed by atoms with Crippen LogP contribution in [0.3, 0.4) is 0 Å². The fraction of sp³-hybridized carbons (Fsp3) is 0.0455. The zero-order valence-electron chi connectivity index (χ0n) is 15.3. The van der Waals surface area contributed by atoms with Gasteiger partial charge in [-0.15, -0.1) is 11.3 Å². The van der Waals surface area contributed by atoms with Crippen molar-refractivity contribution in [2.24, 2.45) is 0 Å². The Hall–Kier alpha value is -3.76. The summed E-state index contributed by atoms with van der Waals surface area (Å²) in [6, 6.07) is 15.7. The van der Waals surface area contributed by atoms with Crippen molar-refractivity contribution < 1.29 is 8.81 Å². The number of para-hydroxylation sites is 1.